The van der Waals surface area contributed by atoms with Crippen LogP contribution in [0.3, 0.4) is 0 Å². The second-order valence-corrected chi connectivity index (χ2v) is 8.10. The number of anilines is 1. The molecule has 0 heterocycles. The largest absolute Gasteiger partial charge is 0.482 e. The van der Waals surface area contributed by atoms with Gasteiger partial charge in [0.1, 0.15) is 5.75 Å². The van der Waals surface area contributed by atoms with E-state index in [4.69, 9.17) is 38.4 Å². The van der Waals surface area contributed by atoms with E-state index in [-0.39, 0.29) is 18.6 Å². The van der Waals surface area contributed by atoms with Crippen LogP contribution < -0.4 is 15.8 Å². The number of carbonyl (C=O) groups excluding carboxylic acids is 1. The van der Waals surface area contributed by atoms with Gasteiger partial charge in [0.25, 0.3) is 0 Å². The minimum Gasteiger partial charge on any atom is -0.482 e. The first-order chi connectivity index (χ1) is 14.4. The molecule has 8 heteroatoms. The Bertz CT molecular complexity index is 884. The number of aryl methyl sites for hydroxylation is 1. The van der Waals surface area contributed by atoms with Crippen LogP contribution in [0.4, 0.5) is 5.69 Å². The van der Waals surface area contributed by atoms with Crippen LogP contribution in [0.2, 0.25) is 10.0 Å². The third-order valence-corrected chi connectivity index (χ3v) is 5.78. The smallest absolute Gasteiger partial charge is 0.344 e. The normalized spacial score (nSPS) is 16.6. The summed E-state index contributed by atoms with van der Waals surface area (Å²) in [6.45, 7) is 2.36. The van der Waals surface area contributed by atoms with E-state index in [0.29, 0.717) is 40.2 Å². The van der Waals surface area contributed by atoms with E-state index in [1.54, 1.807) is 19.1 Å². The summed E-state index contributed by atoms with van der Waals surface area (Å²) < 4.78 is 10.4. The van der Waals surface area contributed by atoms with Crippen molar-refractivity contribution >= 4 is 34.9 Å². The highest BCUT2D eigenvalue weighted by Gasteiger charge is 2.21. The molecule has 0 saturated carbocycles. The summed E-state index contributed by atoms with van der Waals surface area (Å²) in [7, 11) is 0. The van der Waals surface area contributed by atoms with E-state index in [1.807, 2.05) is 18.2 Å². The van der Waals surface area contributed by atoms with Crippen LogP contribution >= 0.6 is 23.2 Å². The molecule has 1 aliphatic carbocycles. The van der Waals surface area contributed by atoms with Crippen molar-refractivity contribution in [2.24, 2.45) is 0 Å². The molecule has 0 aromatic heterocycles. The van der Waals surface area contributed by atoms with Crippen molar-refractivity contribution in [2.75, 3.05) is 25.5 Å². The van der Waals surface area contributed by atoms with E-state index in [2.05, 4.69) is 5.32 Å². The first-order valence-electron chi connectivity index (χ1n) is 9.93. The lowest BCUT2D eigenvalue weighted by molar-refractivity contribution is -0.145. The maximum absolute atomic E-state index is 11.5. The Morgan fingerprint density at radius 3 is 2.70 bits per heavy atom. The van der Waals surface area contributed by atoms with E-state index < -0.39 is 6.10 Å². The van der Waals surface area contributed by atoms with Gasteiger partial charge in [0.15, 0.2) is 6.61 Å². The van der Waals surface area contributed by atoms with Gasteiger partial charge in [-0.3, -0.25) is 0 Å². The highest BCUT2D eigenvalue weighted by atomic mass is 35.5. The predicted octanol–water partition coefficient (Wildman–Crippen LogP) is 3.70. The number of aliphatic hydroxyl groups excluding tert-OH is 1. The number of esters is 1. The zero-order valence-electron chi connectivity index (χ0n) is 16.8. The summed E-state index contributed by atoms with van der Waals surface area (Å²) in [6, 6.07) is 9.38. The number of rotatable bonds is 8. The fraction of sp³-hybridized carbons (Fsp3) is 0.409. The van der Waals surface area contributed by atoms with Crippen molar-refractivity contribution in [3.63, 3.8) is 0 Å². The molecular formula is C22H26Cl2N2O4. The van der Waals surface area contributed by atoms with E-state index in [9.17, 15) is 9.90 Å². The van der Waals surface area contributed by atoms with Gasteiger partial charge in [-0.1, -0.05) is 29.3 Å². The first kappa shape index (κ1) is 22.7. The first-order valence-corrected chi connectivity index (χ1v) is 10.7. The SMILES string of the molecule is CCOC(=O)COc1ccc2c(c1)CC(NCC(O)c1cc(Cl)c(N)c(Cl)c1)CC2. The fourth-order valence-corrected chi connectivity index (χ4v) is 4.04. The maximum atomic E-state index is 11.5. The van der Waals surface area contributed by atoms with Crippen LogP contribution in [0.15, 0.2) is 30.3 Å². The Morgan fingerprint density at radius 2 is 2.00 bits per heavy atom. The highest BCUT2D eigenvalue weighted by molar-refractivity contribution is 6.38. The zero-order chi connectivity index (χ0) is 21.7. The van der Waals surface area contributed by atoms with Crippen LogP contribution in [-0.4, -0.2) is 36.9 Å². The highest BCUT2D eigenvalue weighted by Crippen LogP contribution is 2.31. The van der Waals surface area contributed by atoms with Gasteiger partial charge in [-0.15, -0.1) is 0 Å². The minimum atomic E-state index is -0.749. The molecule has 0 saturated heterocycles. The standard InChI is InChI=1S/C22H26Cl2N2O4/c1-2-29-21(28)12-30-17-6-4-13-3-5-16(7-14(13)8-17)26-11-20(27)15-9-18(23)22(25)19(24)10-15/h4,6,8-10,16,20,26-27H,2-3,5,7,11-12,25H2,1H3. The predicted molar refractivity (Wildman–Crippen MR) is 118 cm³/mol. The van der Waals surface area contributed by atoms with Gasteiger partial charge >= 0.3 is 5.97 Å². The molecule has 3 rings (SSSR count). The molecule has 1 aliphatic rings. The molecule has 4 N–H and O–H groups in total. The molecule has 2 aromatic rings. The van der Waals surface area contributed by atoms with Gasteiger partial charge in [0.05, 0.1) is 28.4 Å². The van der Waals surface area contributed by atoms with Crippen molar-refractivity contribution in [2.45, 2.75) is 38.3 Å². The number of fused-ring (bicyclic) bond motifs is 1. The number of aliphatic hydroxyl groups is 1. The summed E-state index contributed by atoms with van der Waals surface area (Å²) in [5.74, 6) is 0.264. The molecule has 0 bridgehead atoms. The number of hydrogen-bond acceptors (Lipinski definition) is 6. The summed E-state index contributed by atoms with van der Waals surface area (Å²) in [5, 5.41) is 14.6. The Kier molecular flexibility index (Phi) is 7.83. The molecule has 30 heavy (non-hydrogen) atoms. The number of nitrogen functional groups attached to an aromatic ring is 1. The lowest BCUT2D eigenvalue weighted by atomic mass is 9.88. The van der Waals surface area contributed by atoms with Crippen molar-refractivity contribution in [3.05, 3.63) is 57.1 Å². The fourth-order valence-electron chi connectivity index (χ4n) is 3.53. The third-order valence-electron chi connectivity index (χ3n) is 5.15. The second kappa shape index (κ2) is 10.4. The molecule has 0 aliphatic heterocycles. The lowest BCUT2D eigenvalue weighted by Crippen LogP contribution is -2.37. The molecule has 2 unspecified atom stereocenters. The zero-order valence-corrected chi connectivity index (χ0v) is 18.3. The molecule has 2 aromatic carbocycles. The average molecular weight is 453 g/mol. The minimum absolute atomic E-state index is 0.104. The monoisotopic (exact) mass is 452 g/mol. The average Bonchev–Trinajstić information content (AvgIpc) is 2.73. The number of hydrogen-bond donors (Lipinski definition) is 3. The van der Waals surface area contributed by atoms with E-state index in [1.165, 1.54) is 11.1 Å². The van der Waals surface area contributed by atoms with Gasteiger partial charge in [0.2, 0.25) is 0 Å². The number of nitrogens with one attached hydrogen (secondary N) is 1. The number of nitrogens with two attached hydrogens (primary N) is 1. The Labute approximate surface area is 186 Å². The molecule has 0 spiro atoms. The van der Waals surface area contributed by atoms with Crippen molar-refractivity contribution in [1.29, 1.82) is 0 Å². The molecule has 2 atom stereocenters. The Balaban J connectivity index is 1.56. The topological polar surface area (TPSA) is 93.8 Å². The van der Waals surface area contributed by atoms with Crippen molar-refractivity contribution in [3.8, 4) is 5.75 Å². The number of ether oxygens (including phenoxy) is 2. The molecular weight excluding hydrogens is 427 g/mol. The third kappa shape index (κ3) is 5.79. The van der Waals surface area contributed by atoms with Gasteiger partial charge in [-0.05, 0) is 67.1 Å². The van der Waals surface area contributed by atoms with Gasteiger partial charge < -0.3 is 25.6 Å². The molecule has 0 amide bonds. The quantitative estimate of drug-likeness (QED) is 0.417. The second-order valence-electron chi connectivity index (χ2n) is 7.29. The summed E-state index contributed by atoms with van der Waals surface area (Å²) in [6.07, 6.45) is 1.95. The Hall–Kier alpha value is -1.99. The molecule has 162 valence electrons. The van der Waals surface area contributed by atoms with Crippen molar-refractivity contribution in [1.82, 2.24) is 5.32 Å². The van der Waals surface area contributed by atoms with Gasteiger partial charge in [0, 0.05) is 12.6 Å². The summed E-state index contributed by atoms with van der Waals surface area (Å²) in [5.41, 5.74) is 9.14. The van der Waals surface area contributed by atoms with E-state index in [0.717, 1.165) is 19.3 Å². The van der Waals surface area contributed by atoms with Gasteiger partial charge in [-0.25, -0.2) is 4.79 Å². The summed E-state index contributed by atoms with van der Waals surface area (Å²) >= 11 is 12.1. The number of halogens is 2. The van der Waals surface area contributed by atoms with Crippen LogP contribution in [-0.2, 0) is 22.4 Å². The van der Waals surface area contributed by atoms with Gasteiger partial charge in [-0.2, -0.15) is 0 Å². The molecule has 0 radical (unpaired) electrons. The van der Waals surface area contributed by atoms with Crippen LogP contribution in [0, 0.1) is 0 Å². The maximum Gasteiger partial charge on any atom is 0.344 e. The van der Waals surface area contributed by atoms with E-state index >= 15 is 0 Å². The Morgan fingerprint density at radius 1 is 1.27 bits per heavy atom. The number of carbonyl (C=O) groups is 1. The van der Waals surface area contributed by atoms with Crippen LogP contribution in [0.5, 0.6) is 5.75 Å². The van der Waals surface area contributed by atoms with Crippen LogP contribution in [0.25, 0.3) is 0 Å². The molecule has 0 fully saturated rings. The van der Waals surface area contributed by atoms with Crippen molar-refractivity contribution < 1.29 is 19.4 Å². The lowest BCUT2D eigenvalue weighted by Gasteiger charge is -2.27. The summed E-state index contributed by atoms with van der Waals surface area (Å²) in [4.78, 5) is 11.5. The van der Waals surface area contributed by atoms with Crippen LogP contribution in [0.1, 0.15) is 36.1 Å². The molecule has 6 nitrogen and oxygen atoms in total. The number of benzene rings is 2.